The molecule has 24 heavy (non-hydrogen) atoms. The molecule has 1 aliphatic rings. The van der Waals surface area contributed by atoms with Crippen LogP contribution in [-0.2, 0) is 4.79 Å². The second kappa shape index (κ2) is 9.62. The summed E-state index contributed by atoms with van der Waals surface area (Å²) in [6.45, 7) is 8.24. The zero-order valence-electron chi connectivity index (χ0n) is 14.8. The molecule has 1 saturated heterocycles. The molecule has 1 heterocycles. The van der Waals surface area contributed by atoms with Crippen LogP contribution in [0.1, 0.15) is 39.5 Å². The van der Waals surface area contributed by atoms with E-state index in [1.165, 1.54) is 38.1 Å². The Kier molecular flexibility index (Phi) is 7.50. The Hall–Kier alpha value is -1.62. The highest BCUT2D eigenvalue weighted by atomic mass is 19.1. The van der Waals surface area contributed by atoms with Gasteiger partial charge in [0.1, 0.15) is 11.6 Å². The van der Waals surface area contributed by atoms with Crippen molar-refractivity contribution >= 4 is 5.91 Å². The van der Waals surface area contributed by atoms with E-state index in [1.54, 1.807) is 12.1 Å². The average Bonchev–Trinajstić information content (AvgIpc) is 2.59. The topological polar surface area (TPSA) is 41.6 Å². The predicted octanol–water partition coefficient (Wildman–Crippen LogP) is 3.22. The first-order valence-electron chi connectivity index (χ1n) is 9.00. The fourth-order valence-corrected chi connectivity index (χ4v) is 2.91. The van der Waals surface area contributed by atoms with E-state index < -0.39 is 6.10 Å². The number of hydrogen-bond donors (Lipinski definition) is 1. The molecule has 0 saturated carbocycles. The summed E-state index contributed by atoms with van der Waals surface area (Å²) in [7, 11) is 0. The van der Waals surface area contributed by atoms with E-state index in [1.807, 2.05) is 6.92 Å². The maximum absolute atomic E-state index is 12.9. The molecule has 0 aromatic heterocycles. The summed E-state index contributed by atoms with van der Waals surface area (Å²) in [5.74, 6) is 0.941. The molecule has 134 valence electrons. The number of halogens is 1. The van der Waals surface area contributed by atoms with Gasteiger partial charge in [-0.15, -0.1) is 0 Å². The molecule has 0 unspecified atom stereocenters. The van der Waals surface area contributed by atoms with Crippen molar-refractivity contribution in [1.29, 1.82) is 0 Å². The fourth-order valence-electron chi connectivity index (χ4n) is 2.91. The Labute approximate surface area is 144 Å². The van der Waals surface area contributed by atoms with Gasteiger partial charge in [0.2, 0.25) is 0 Å². The van der Waals surface area contributed by atoms with E-state index in [-0.39, 0.29) is 11.7 Å². The van der Waals surface area contributed by atoms with Gasteiger partial charge in [-0.3, -0.25) is 4.79 Å². The minimum Gasteiger partial charge on any atom is -0.481 e. The molecule has 1 atom stereocenters. The summed E-state index contributed by atoms with van der Waals surface area (Å²) in [5, 5.41) is 2.95. The molecule has 4 nitrogen and oxygen atoms in total. The summed E-state index contributed by atoms with van der Waals surface area (Å²) >= 11 is 0. The normalized spacial score (nSPS) is 17.5. The van der Waals surface area contributed by atoms with Crippen molar-refractivity contribution in [2.75, 3.05) is 26.2 Å². The van der Waals surface area contributed by atoms with Crippen LogP contribution in [0.5, 0.6) is 5.75 Å². The molecule has 0 aliphatic carbocycles. The zero-order chi connectivity index (χ0) is 17.4. The summed E-state index contributed by atoms with van der Waals surface area (Å²) in [4.78, 5) is 14.7. The number of carbonyl (C=O) groups excluding carboxylic acids is 1. The van der Waals surface area contributed by atoms with Gasteiger partial charge < -0.3 is 15.0 Å². The second-order valence-electron chi connectivity index (χ2n) is 6.64. The number of nitrogens with zero attached hydrogens (tertiary/aromatic N) is 1. The van der Waals surface area contributed by atoms with Crippen LogP contribution >= 0.6 is 0 Å². The summed E-state index contributed by atoms with van der Waals surface area (Å²) in [5.41, 5.74) is 0. The number of carbonyl (C=O) groups is 1. The van der Waals surface area contributed by atoms with Gasteiger partial charge in [-0.1, -0.05) is 13.8 Å². The van der Waals surface area contributed by atoms with Crippen molar-refractivity contribution in [3.05, 3.63) is 30.1 Å². The van der Waals surface area contributed by atoms with Gasteiger partial charge in [0.05, 0.1) is 0 Å². The van der Waals surface area contributed by atoms with Gasteiger partial charge in [-0.05, 0) is 75.5 Å². The number of likely N-dealkylation sites (tertiary alicyclic amines) is 1. The molecule has 0 bridgehead atoms. The van der Waals surface area contributed by atoms with Crippen molar-refractivity contribution < 1.29 is 13.9 Å². The molecule has 1 aliphatic heterocycles. The number of nitrogens with one attached hydrogen (secondary N) is 1. The highest BCUT2D eigenvalue weighted by Gasteiger charge is 2.18. The minimum atomic E-state index is -0.536. The van der Waals surface area contributed by atoms with Gasteiger partial charge in [-0.25, -0.2) is 4.39 Å². The molecule has 1 aromatic carbocycles. The average molecular weight is 336 g/mol. The molecule has 1 fully saturated rings. The highest BCUT2D eigenvalue weighted by molar-refractivity contribution is 5.81. The molecule has 0 spiro atoms. The maximum atomic E-state index is 12.9. The lowest BCUT2D eigenvalue weighted by molar-refractivity contribution is -0.128. The van der Waals surface area contributed by atoms with Crippen LogP contribution in [-0.4, -0.2) is 43.1 Å². The molecule has 1 aromatic rings. The number of ether oxygens (including phenoxy) is 1. The molecule has 1 N–H and O–H groups in total. The first-order chi connectivity index (χ1) is 11.6. The Balaban J connectivity index is 1.67. The maximum Gasteiger partial charge on any atom is 0.261 e. The van der Waals surface area contributed by atoms with Crippen molar-refractivity contribution in [2.24, 2.45) is 5.92 Å². The molecular formula is C19H29FN2O2. The van der Waals surface area contributed by atoms with Gasteiger partial charge >= 0.3 is 0 Å². The van der Waals surface area contributed by atoms with Crippen LogP contribution in [0.25, 0.3) is 0 Å². The zero-order valence-corrected chi connectivity index (χ0v) is 14.8. The molecule has 5 heteroatoms. The van der Waals surface area contributed by atoms with Gasteiger partial charge in [-0.2, -0.15) is 0 Å². The van der Waals surface area contributed by atoms with E-state index in [0.717, 1.165) is 18.9 Å². The van der Waals surface area contributed by atoms with Crippen molar-refractivity contribution in [3.63, 3.8) is 0 Å². The Bertz CT molecular complexity index is 499. The highest BCUT2D eigenvalue weighted by Crippen LogP contribution is 2.16. The third-order valence-corrected chi connectivity index (χ3v) is 4.58. The van der Waals surface area contributed by atoms with E-state index in [0.29, 0.717) is 18.7 Å². The Morgan fingerprint density at radius 2 is 2.00 bits per heavy atom. The second-order valence-corrected chi connectivity index (χ2v) is 6.64. The molecular weight excluding hydrogens is 307 g/mol. The van der Waals surface area contributed by atoms with E-state index in [4.69, 9.17) is 4.74 Å². The Morgan fingerprint density at radius 1 is 1.33 bits per heavy atom. The van der Waals surface area contributed by atoms with Crippen LogP contribution in [0.15, 0.2) is 24.3 Å². The van der Waals surface area contributed by atoms with E-state index in [2.05, 4.69) is 17.1 Å². The lowest BCUT2D eigenvalue weighted by Crippen LogP contribution is -2.40. The molecule has 0 radical (unpaired) electrons. The number of rotatable bonds is 8. The predicted molar refractivity (Wildman–Crippen MR) is 93.6 cm³/mol. The molecule has 1 amide bonds. The van der Waals surface area contributed by atoms with Crippen LogP contribution in [0, 0.1) is 11.7 Å². The fraction of sp³-hybridized carbons (Fsp3) is 0.632. The number of amides is 1. The Morgan fingerprint density at radius 3 is 2.62 bits per heavy atom. The summed E-state index contributed by atoms with van der Waals surface area (Å²) in [6.07, 6.45) is 3.54. The molecule has 2 rings (SSSR count). The quantitative estimate of drug-likeness (QED) is 0.741. The minimum absolute atomic E-state index is 0.103. The SMILES string of the molecule is CC[C@@H](Oc1ccc(F)cc1)C(=O)NCCCN1CCC(C)CC1. The number of piperidine rings is 1. The van der Waals surface area contributed by atoms with Crippen LogP contribution in [0.2, 0.25) is 0 Å². The van der Waals surface area contributed by atoms with Crippen molar-refractivity contribution in [1.82, 2.24) is 10.2 Å². The van der Waals surface area contributed by atoms with Crippen LogP contribution in [0.3, 0.4) is 0 Å². The largest absolute Gasteiger partial charge is 0.481 e. The third-order valence-electron chi connectivity index (χ3n) is 4.58. The monoisotopic (exact) mass is 336 g/mol. The first-order valence-corrected chi connectivity index (χ1v) is 9.00. The van der Waals surface area contributed by atoms with Crippen molar-refractivity contribution in [2.45, 2.75) is 45.6 Å². The van der Waals surface area contributed by atoms with Gasteiger partial charge in [0, 0.05) is 6.54 Å². The van der Waals surface area contributed by atoms with Crippen LogP contribution in [0.4, 0.5) is 4.39 Å². The summed E-state index contributed by atoms with van der Waals surface area (Å²) in [6, 6.07) is 5.75. The van der Waals surface area contributed by atoms with Crippen LogP contribution < -0.4 is 10.1 Å². The van der Waals surface area contributed by atoms with Crippen molar-refractivity contribution in [3.8, 4) is 5.75 Å². The smallest absolute Gasteiger partial charge is 0.261 e. The van der Waals surface area contributed by atoms with E-state index in [9.17, 15) is 9.18 Å². The lowest BCUT2D eigenvalue weighted by atomic mass is 9.99. The van der Waals surface area contributed by atoms with E-state index >= 15 is 0 Å². The lowest BCUT2D eigenvalue weighted by Gasteiger charge is -2.30. The van der Waals surface area contributed by atoms with Gasteiger partial charge in [0.15, 0.2) is 6.10 Å². The first kappa shape index (κ1) is 18.7. The standard InChI is InChI=1S/C19H29FN2O2/c1-3-18(24-17-7-5-16(20)6-8-17)19(23)21-11-4-12-22-13-9-15(2)10-14-22/h5-8,15,18H,3-4,9-14H2,1-2H3,(H,21,23)/t18-/m1/s1. The third kappa shape index (κ3) is 6.11. The summed E-state index contributed by atoms with van der Waals surface area (Å²) < 4.78 is 18.6. The van der Waals surface area contributed by atoms with Gasteiger partial charge in [0.25, 0.3) is 5.91 Å². The number of hydrogen-bond acceptors (Lipinski definition) is 3. The number of benzene rings is 1.